The summed E-state index contributed by atoms with van der Waals surface area (Å²) in [4.78, 5) is 1.38. The van der Waals surface area contributed by atoms with Crippen LogP contribution in [-0.2, 0) is 29.5 Å². The van der Waals surface area contributed by atoms with Crippen LogP contribution in [-0.4, -0.2) is 29.0 Å². The van der Waals surface area contributed by atoms with E-state index in [9.17, 15) is 8.42 Å². The summed E-state index contributed by atoms with van der Waals surface area (Å²) < 4.78 is 28.4. The minimum absolute atomic E-state index is 0.0722. The zero-order valence-electron chi connectivity index (χ0n) is 11.1. The van der Waals surface area contributed by atoms with Gasteiger partial charge < -0.3 is 5.73 Å². The number of aromatic nitrogens is 2. The van der Waals surface area contributed by atoms with Gasteiger partial charge in [-0.1, -0.05) is 0 Å². The largest absolute Gasteiger partial charge is 0.381 e. The first kappa shape index (κ1) is 13.6. The summed E-state index contributed by atoms with van der Waals surface area (Å²) in [6.45, 7) is 3.39. The van der Waals surface area contributed by atoms with Gasteiger partial charge in [0, 0.05) is 30.7 Å². The van der Waals surface area contributed by atoms with E-state index in [4.69, 9.17) is 5.73 Å². The van der Waals surface area contributed by atoms with Crippen LogP contribution >= 0.6 is 11.3 Å². The first-order chi connectivity index (χ1) is 9.52. The molecule has 0 radical (unpaired) electrons. The van der Waals surface area contributed by atoms with Crippen molar-refractivity contribution in [1.82, 2.24) is 14.1 Å². The molecule has 0 saturated carbocycles. The third kappa shape index (κ3) is 2.13. The topological polar surface area (TPSA) is 81.2 Å². The zero-order valence-corrected chi connectivity index (χ0v) is 12.7. The van der Waals surface area contributed by atoms with E-state index in [1.54, 1.807) is 16.0 Å². The Bertz CT molecular complexity index is 732. The van der Waals surface area contributed by atoms with Crippen molar-refractivity contribution in [1.29, 1.82) is 0 Å². The molecule has 2 aromatic rings. The fourth-order valence-corrected chi connectivity index (χ4v) is 4.71. The van der Waals surface area contributed by atoms with Crippen LogP contribution < -0.4 is 5.73 Å². The minimum atomic E-state index is -3.57. The molecule has 0 saturated heterocycles. The van der Waals surface area contributed by atoms with E-state index in [2.05, 4.69) is 5.10 Å². The van der Waals surface area contributed by atoms with E-state index in [1.807, 2.05) is 18.4 Å². The third-order valence-electron chi connectivity index (χ3n) is 3.47. The molecule has 0 unspecified atom stereocenters. The van der Waals surface area contributed by atoms with Gasteiger partial charge in [0.1, 0.15) is 4.90 Å². The Morgan fingerprint density at radius 3 is 3.00 bits per heavy atom. The second-order valence-corrected chi connectivity index (χ2v) is 7.60. The quantitative estimate of drug-likeness (QED) is 0.926. The fourth-order valence-electron chi connectivity index (χ4n) is 2.35. The number of rotatable bonds is 3. The molecular formula is C12H16N4O2S2. The van der Waals surface area contributed by atoms with E-state index in [0.717, 1.165) is 12.0 Å². The molecule has 0 fully saturated rings. The van der Waals surface area contributed by atoms with Crippen LogP contribution in [0.4, 0.5) is 5.82 Å². The molecule has 0 aromatic carbocycles. The summed E-state index contributed by atoms with van der Waals surface area (Å²) in [5, 5.41) is 6.02. The molecule has 1 aliphatic heterocycles. The van der Waals surface area contributed by atoms with Crippen molar-refractivity contribution in [2.75, 3.05) is 12.3 Å². The van der Waals surface area contributed by atoms with Crippen molar-refractivity contribution in [3.63, 3.8) is 0 Å². The summed E-state index contributed by atoms with van der Waals surface area (Å²) in [5.41, 5.74) is 6.84. The average molecular weight is 312 g/mol. The minimum Gasteiger partial charge on any atom is -0.381 e. The molecule has 2 N–H and O–H groups in total. The number of hydrogen-bond donors (Lipinski definition) is 1. The van der Waals surface area contributed by atoms with Crippen LogP contribution in [0.5, 0.6) is 0 Å². The summed E-state index contributed by atoms with van der Waals surface area (Å²) in [5.74, 6) is 0.0722. The van der Waals surface area contributed by atoms with Crippen LogP contribution in [0.15, 0.2) is 22.5 Å². The van der Waals surface area contributed by atoms with Gasteiger partial charge in [-0.05, 0) is 30.4 Å². The van der Waals surface area contributed by atoms with E-state index in [0.29, 0.717) is 19.6 Å². The predicted octanol–water partition coefficient (Wildman–Crippen LogP) is 1.29. The van der Waals surface area contributed by atoms with Gasteiger partial charge in [-0.15, -0.1) is 11.3 Å². The standard InChI is InChI=1S/C12H16N4O2S2/c1-2-15-8-11(12(13)14-15)20(17,18)16-5-3-10-9(7-16)4-6-19-10/h4,6,8H,2-3,5,7H2,1H3,(H2,13,14). The highest BCUT2D eigenvalue weighted by Gasteiger charge is 2.31. The molecule has 0 aliphatic carbocycles. The van der Waals surface area contributed by atoms with Crippen LogP contribution in [0.1, 0.15) is 17.4 Å². The van der Waals surface area contributed by atoms with Gasteiger partial charge in [-0.25, -0.2) is 8.42 Å². The molecule has 1 aliphatic rings. The number of anilines is 1. The Morgan fingerprint density at radius 1 is 1.50 bits per heavy atom. The van der Waals surface area contributed by atoms with Crippen molar-refractivity contribution in [2.45, 2.75) is 31.3 Å². The Morgan fingerprint density at radius 2 is 2.30 bits per heavy atom. The Labute approximate surface area is 121 Å². The first-order valence-corrected chi connectivity index (χ1v) is 8.72. The zero-order chi connectivity index (χ0) is 14.3. The van der Waals surface area contributed by atoms with Gasteiger partial charge in [0.2, 0.25) is 10.0 Å². The smallest absolute Gasteiger partial charge is 0.248 e. The van der Waals surface area contributed by atoms with E-state index >= 15 is 0 Å². The lowest BCUT2D eigenvalue weighted by Crippen LogP contribution is -2.35. The highest BCUT2D eigenvalue weighted by atomic mass is 32.2. The molecule has 0 atom stereocenters. The molecular weight excluding hydrogens is 296 g/mol. The van der Waals surface area contributed by atoms with Crippen LogP contribution in [0.2, 0.25) is 0 Å². The van der Waals surface area contributed by atoms with Crippen LogP contribution in [0.3, 0.4) is 0 Å². The maximum Gasteiger partial charge on any atom is 0.248 e. The maximum atomic E-state index is 12.7. The number of nitrogen functional groups attached to an aromatic ring is 1. The van der Waals surface area contributed by atoms with Crippen molar-refractivity contribution in [2.24, 2.45) is 0 Å². The molecule has 0 amide bonds. The predicted molar refractivity (Wildman–Crippen MR) is 77.9 cm³/mol. The molecule has 108 valence electrons. The summed E-state index contributed by atoms with van der Waals surface area (Å²) in [6.07, 6.45) is 2.27. The number of fused-ring (bicyclic) bond motifs is 1. The number of thiophene rings is 1. The van der Waals surface area contributed by atoms with Gasteiger partial charge in [-0.2, -0.15) is 9.40 Å². The average Bonchev–Trinajstić information content (AvgIpc) is 3.03. The molecule has 2 aromatic heterocycles. The van der Waals surface area contributed by atoms with Gasteiger partial charge in [0.05, 0.1) is 0 Å². The lowest BCUT2D eigenvalue weighted by Gasteiger charge is -2.25. The summed E-state index contributed by atoms with van der Waals surface area (Å²) in [6, 6.07) is 1.99. The molecule has 3 heterocycles. The molecule has 0 spiro atoms. The molecule has 20 heavy (non-hydrogen) atoms. The molecule has 3 rings (SSSR count). The lowest BCUT2D eigenvalue weighted by atomic mass is 10.1. The Hall–Kier alpha value is -1.38. The second-order valence-electron chi connectivity index (χ2n) is 4.69. The highest BCUT2D eigenvalue weighted by Crippen LogP contribution is 2.29. The van der Waals surface area contributed by atoms with E-state index in [-0.39, 0.29) is 10.7 Å². The summed E-state index contributed by atoms with van der Waals surface area (Å²) >= 11 is 1.68. The molecule has 6 nitrogen and oxygen atoms in total. The molecule has 0 bridgehead atoms. The number of nitrogens with two attached hydrogens (primary N) is 1. The van der Waals surface area contributed by atoms with E-state index < -0.39 is 10.0 Å². The van der Waals surface area contributed by atoms with Crippen molar-refractivity contribution in [3.05, 3.63) is 28.1 Å². The van der Waals surface area contributed by atoms with Crippen molar-refractivity contribution < 1.29 is 8.42 Å². The maximum absolute atomic E-state index is 12.7. The SMILES string of the molecule is CCn1cc(S(=O)(=O)N2CCc3sccc3C2)c(N)n1. The van der Waals surface area contributed by atoms with Crippen LogP contribution in [0.25, 0.3) is 0 Å². The number of hydrogen-bond acceptors (Lipinski definition) is 5. The monoisotopic (exact) mass is 312 g/mol. The van der Waals surface area contributed by atoms with Gasteiger partial charge in [0.15, 0.2) is 5.82 Å². The van der Waals surface area contributed by atoms with Crippen LogP contribution in [0, 0.1) is 0 Å². The van der Waals surface area contributed by atoms with Gasteiger partial charge >= 0.3 is 0 Å². The number of sulfonamides is 1. The normalized spacial score (nSPS) is 16.2. The number of aryl methyl sites for hydroxylation is 1. The highest BCUT2D eigenvalue weighted by molar-refractivity contribution is 7.89. The van der Waals surface area contributed by atoms with E-state index in [1.165, 1.54) is 15.4 Å². The number of nitrogens with zero attached hydrogens (tertiary/aromatic N) is 3. The fraction of sp³-hybridized carbons (Fsp3) is 0.417. The first-order valence-electron chi connectivity index (χ1n) is 6.40. The third-order valence-corrected chi connectivity index (χ3v) is 6.35. The van der Waals surface area contributed by atoms with Gasteiger partial charge in [0.25, 0.3) is 0 Å². The molecule has 8 heteroatoms. The lowest BCUT2D eigenvalue weighted by molar-refractivity contribution is 0.394. The van der Waals surface area contributed by atoms with Crippen molar-refractivity contribution >= 4 is 27.2 Å². The van der Waals surface area contributed by atoms with Gasteiger partial charge in [-0.3, -0.25) is 4.68 Å². The summed E-state index contributed by atoms with van der Waals surface area (Å²) in [7, 11) is -3.57. The Balaban J connectivity index is 1.95. The van der Waals surface area contributed by atoms with Crippen molar-refractivity contribution in [3.8, 4) is 0 Å². The second kappa shape index (κ2) is 4.87. The Kier molecular flexibility index (Phi) is 3.31.